The highest BCUT2D eigenvalue weighted by molar-refractivity contribution is 5.68. The predicted molar refractivity (Wildman–Crippen MR) is 64.5 cm³/mol. The van der Waals surface area contributed by atoms with Gasteiger partial charge in [-0.2, -0.15) is 0 Å². The van der Waals surface area contributed by atoms with Crippen LogP contribution in [-0.2, 0) is 4.74 Å². The van der Waals surface area contributed by atoms with E-state index < -0.39 is 0 Å². The van der Waals surface area contributed by atoms with E-state index in [1.165, 1.54) is 0 Å². The monoisotopic (exact) mass is 240 g/mol. The molecule has 0 spiro atoms. The molecule has 1 aliphatic carbocycles. The summed E-state index contributed by atoms with van der Waals surface area (Å²) in [7, 11) is 0. The lowest BCUT2D eigenvalue weighted by Crippen LogP contribution is -2.42. The number of ether oxygens (including phenoxy) is 1. The van der Waals surface area contributed by atoms with Crippen LogP contribution in [0.3, 0.4) is 0 Å². The second kappa shape index (κ2) is 5.77. The highest BCUT2D eigenvalue weighted by atomic mass is 16.6. The Bertz CT molecular complexity index is 318. The van der Waals surface area contributed by atoms with Crippen molar-refractivity contribution in [1.29, 1.82) is 0 Å². The smallest absolute Gasteiger partial charge is 0.407 e. The molecule has 0 saturated heterocycles. The van der Waals surface area contributed by atoms with Crippen molar-refractivity contribution in [2.24, 2.45) is 11.0 Å². The van der Waals surface area contributed by atoms with Gasteiger partial charge in [0.2, 0.25) is 0 Å². The Kier molecular flexibility index (Phi) is 4.63. The molecule has 2 atom stereocenters. The third-order valence-electron chi connectivity index (χ3n) is 2.65. The Morgan fingerprint density at radius 3 is 2.82 bits per heavy atom. The van der Waals surface area contributed by atoms with Gasteiger partial charge in [0.1, 0.15) is 6.10 Å². The maximum absolute atomic E-state index is 11.5. The normalized spacial score (nSPS) is 23.9. The van der Waals surface area contributed by atoms with Gasteiger partial charge < -0.3 is 10.1 Å². The average Bonchev–Trinajstić information content (AvgIpc) is 2.59. The van der Waals surface area contributed by atoms with Crippen LogP contribution in [0.25, 0.3) is 10.4 Å². The first kappa shape index (κ1) is 13.6. The fourth-order valence-electron chi connectivity index (χ4n) is 1.94. The lowest BCUT2D eigenvalue weighted by Gasteiger charge is -2.22. The number of hydrogen-bond acceptors (Lipinski definition) is 3. The van der Waals surface area contributed by atoms with E-state index in [9.17, 15) is 4.79 Å². The minimum atomic E-state index is -0.369. The molecule has 2 unspecified atom stereocenters. The van der Waals surface area contributed by atoms with Gasteiger partial charge in [0.15, 0.2) is 0 Å². The van der Waals surface area contributed by atoms with E-state index in [-0.39, 0.29) is 17.7 Å². The molecule has 1 N–H and O–H groups in total. The number of hydrogen-bond donors (Lipinski definition) is 1. The lowest BCUT2D eigenvalue weighted by molar-refractivity contribution is 0.0925. The first-order valence-corrected chi connectivity index (χ1v) is 5.90. The average molecular weight is 240 g/mol. The number of carbonyl (C=O) groups is 1. The standard InChI is InChI=1S/C11H20N4O2/c1-11(2,3)14-10(16)17-9-5-4-8(6-9)7-13-15-12/h8-9H,4-7H2,1-3H3,(H,14,16). The molecule has 1 aliphatic rings. The van der Waals surface area contributed by atoms with E-state index in [0.717, 1.165) is 19.3 Å². The zero-order chi connectivity index (χ0) is 12.9. The number of alkyl carbamates (subject to hydrolysis) is 1. The summed E-state index contributed by atoms with van der Waals surface area (Å²) in [5.41, 5.74) is 7.95. The molecule has 0 bridgehead atoms. The van der Waals surface area contributed by atoms with E-state index in [0.29, 0.717) is 12.5 Å². The minimum absolute atomic E-state index is 0.0451. The summed E-state index contributed by atoms with van der Waals surface area (Å²) >= 11 is 0. The molecule has 0 aromatic rings. The Morgan fingerprint density at radius 2 is 2.24 bits per heavy atom. The fourth-order valence-corrected chi connectivity index (χ4v) is 1.94. The van der Waals surface area contributed by atoms with E-state index in [4.69, 9.17) is 10.3 Å². The van der Waals surface area contributed by atoms with Gasteiger partial charge in [-0.25, -0.2) is 4.79 Å². The van der Waals surface area contributed by atoms with Gasteiger partial charge in [0, 0.05) is 17.0 Å². The van der Waals surface area contributed by atoms with Crippen LogP contribution in [0, 0.1) is 5.92 Å². The van der Waals surface area contributed by atoms with Gasteiger partial charge in [-0.3, -0.25) is 0 Å². The minimum Gasteiger partial charge on any atom is -0.446 e. The Balaban J connectivity index is 2.30. The summed E-state index contributed by atoms with van der Waals surface area (Å²) in [4.78, 5) is 14.3. The maximum Gasteiger partial charge on any atom is 0.407 e. The van der Waals surface area contributed by atoms with Crippen LogP contribution >= 0.6 is 0 Å². The highest BCUT2D eigenvalue weighted by Gasteiger charge is 2.27. The molecule has 0 aliphatic heterocycles. The zero-order valence-electron chi connectivity index (χ0n) is 10.6. The van der Waals surface area contributed by atoms with Crippen LogP contribution in [0.4, 0.5) is 4.79 Å². The SMILES string of the molecule is CC(C)(C)NC(=O)OC1CCC(CN=[N+]=[N-])C1. The molecule has 1 amide bonds. The molecule has 0 aromatic carbocycles. The van der Waals surface area contributed by atoms with Crippen molar-refractivity contribution in [2.45, 2.75) is 51.7 Å². The van der Waals surface area contributed by atoms with Crippen molar-refractivity contribution in [3.8, 4) is 0 Å². The predicted octanol–water partition coefficient (Wildman–Crippen LogP) is 2.99. The number of amides is 1. The van der Waals surface area contributed by atoms with E-state index in [1.54, 1.807) is 0 Å². The van der Waals surface area contributed by atoms with Crippen LogP contribution in [0.1, 0.15) is 40.0 Å². The Morgan fingerprint density at radius 1 is 1.53 bits per heavy atom. The molecule has 1 saturated carbocycles. The van der Waals surface area contributed by atoms with E-state index >= 15 is 0 Å². The number of azide groups is 1. The maximum atomic E-state index is 11.5. The fraction of sp³-hybridized carbons (Fsp3) is 0.909. The second-order valence-electron chi connectivity index (χ2n) is 5.49. The molecular formula is C11H20N4O2. The molecule has 0 heterocycles. The molecular weight excluding hydrogens is 220 g/mol. The van der Waals surface area contributed by atoms with Crippen LogP contribution in [0.5, 0.6) is 0 Å². The molecule has 96 valence electrons. The summed E-state index contributed by atoms with van der Waals surface area (Å²) < 4.78 is 5.31. The molecule has 0 radical (unpaired) electrons. The van der Waals surface area contributed by atoms with Crippen LogP contribution < -0.4 is 5.32 Å². The molecule has 1 rings (SSSR count). The molecule has 6 heteroatoms. The van der Waals surface area contributed by atoms with Crippen molar-refractivity contribution in [2.75, 3.05) is 6.54 Å². The van der Waals surface area contributed by atoms with Crippen molar-refractivity contribution in [3.63, 3.8) is 0 Å². The van der Waals surface area contributed by atoms with Crippen molar-refractivity contribution in [1.82, 2.24) is 5.32 Å². The molecule has 0 aromatic heterocycles. The van der Waals surface area contributed by atoms with Crippen LogP contribution in [0.15, 0.2) is 5.11 Å². The number of nitrogens with one attached hydrogen (secondary N) is 1. The first-order valence-electron chi connectivity index (χ1n) is 5.90. The summed E-state index contributed by atoms with van der Waals surface area (Å²) in [6.45, 7) is 6.23. The van der Waals surface area contributed by atoms with Crippen molar-refractivity contribution >= 4 is 6.09 Å². The number of rotatable bonds is 3. The quantitative estimate of drug-likeness (QED) is 0.467. The third kappa shape index (κ3) is 5.45. The van der Waals surface area contributed by atoms with Crippen LogP contribution in [0.2, 0.25) is 0 Å². The Hall–Kier alpha value is -1.42. The lowest BCUT2D eigenvalue weighted by atomic mass is 10.1. The Labute approximate surface area is 101 Å². The van der Waals surface area contributed by atoms with Gasteiger partial charge in [-0.15, -0.1) is 0 Å². The zero-order valence-corrected chi connectivity index (χ0v) is 10.6. The van der Waals surface area contributed by atoms with E-state index in [2.05, 4.69) is 15.3 Å². The summed E-state index contributed by atoms with van der Waals surface area (Å²) in [5.74, 6) is 0.346. The second-order valence-corrected chi connectivity index (χ2v) is 5.49. The van der Waals surface area contributed by atoms with E-state index in [1.807, 2.05) is 20.8 Å². The highest BCUT2D eigenvalue weighted by Crippen LogP contribution is 2.28. The summed E-state index contributed by atoms with van der Waals surface area (Å²) in [6.07, 6.45) is 2.18. The summed E-state index contributed by atoms with van der Waals surface area (Å²) in [5, 5.41) is 6.31. The topological polar surface area (TPSA) is 87.1 Å². The van der Waals surface area contributed by atoms with Gasteiger partial charge in [0.05, 0.1) is 0 Å². The van der Waals surface area contributed by atoms with Gasteiger partial charge in [-0.05, 0) is 51.5 Å². The molecule has 1 fully saturated rings. The van der Waals surface area contributed by atoms with Crippen molar-refractivity contribution in [3.05, 3.63) is 10.4 Å². The number of carbonyl (C=O) groups excluding carboxylic acids is 1. The largest absolute Gasteiger partial charge is 0.446 e. The van der Waals surface area contributed by atoms with Gasteiger partial charge >= 0.3 is 6.09 Å². The third-order valence-corrected chi connectivity index (χ3v) is 2.65. The first-order chi connectivity index (χ1) is 7.90. The number of nitrogens with zero attached hydrogens (tertiary/aromatic N) is 3. The summed E-state index contributed by atoms with van der Waals surface area (Å²) in [6, 6.07) is 0. The van der Waals surface area contributed by atoms with Gasteiger partial charge in [0.25, 0.3) is 0 Å². The van der Waals surface area contributed by atoms with Crippen LogP contribution in [-0.4, -0.2) is 24.3 Å². The van der Waals surface area contributed by atoms with Gasteiger partial charge in [-0.1, -0.05) is 5.11 Å². The molecule has 6 nitrogen and oxygen atoms in total. The molecule has 17 heavy (non-hydrogen) atoms. The van der Waals surface area contributed by atoms with Crippen molar-refractivity contribution < 1.29 is 9.53 Å².